The molecule has 4 nitrogen and oxygen atoms in total. The first-order valence-corrected chi connectivity index (χ1v) is 7.49. The van der Waals surface area contributed by atoms with Crippen molar-refractivity contribution >= 4 is 23.4 Å². The van der Waals surface area contributed by atoms with E-state index in [9.17, 15) is 9.59 Å². The predicted molar refractivity (Wildman–Crippen MR) is 77.1 cm³/mol. The van der Waals surface area contributed by atoms with Crippen LogP contribution in [0.4, 0.5) is 0 Å². The number of alkyl halides is 1. The van der Waals surface area contributed by atoms with Gasteiger partial charge in [-0.15, -0.1) is 11.6 Å². The molecule has 0 saturated heterocycles. The average molecular weight is 287 g/mol. The van der Waals surface area contributed by atoms with Crippen LogP contribution in [0, 0.1) is 0 Å². The van der Waals surface area contributed by atoms with Gasteiger partial charge in [0.1, 0.15) is 0 Å². The molecule has 0 aromatic carbocycles. The van der Waals surface area contributed by atoms with Crippen LogP contribution in [0.1, 0.15) is 38.5 Å². The fourth-order valence-electron chi connectivity index (χ4n) is 2.17. The Hall–Kier alpha value is -0.870. The standard InChI is InChI=1S/C14H23ClN2O2/c1-16-12(7-5-3-2-4-6-10-15)11-17-13(18)8-9-14(17)19/h8-9,12,16H,2-7,10-11H2,1H3. The molecule has 1 unspecified atom stereocenters. The van der Waals surface area contributed by atoms with E-state index in [-0.39, 0.29) is 17.9 Å². The Bertz CT molecular complexity index is 313. The minimum Gasteiger partial charge on any atom is -0.315 e. The smallest absolute Gasteiger partial charge is 0.253 e. The van der Waals surface area contributed by atoms with Gasteiger partial charge in [0.2, 0.25) is 0 Å². The van der Waals surface area contributed by atoms with Crippen LogP contribution in [-0.2, 0) is 9.59 Å². The largest absolute Gasteiger partial charge is 0.315 e. The maximum absolute atomic E-state index is 11.5. The van der Waals surface area contributed by atoms with Crippen molar-refractivity contribution in [2.24, 2.45) is 0 Å². The summed E-state index contributed by atoms with van der Waals surface area (Å²) in [7, 11) is 1.87. The lowest BCUT2D eigenvalue weighted by Gasteiger charge is -2.22. The van der Waals surface area contributed by atoms with E-state index in [1.165, 1.54) is 36.3 Å². The Balaban J connectivity index is 2.19. The number of nitrogens with one attached hydrogen (secondary N) is 1. The van der Waals surface area contributed by atoms with Gasteiger partial charge >= 0.3 is 0 Å². The first-order chi connectivity index (χ1) is 9.19. The quantitative estimate of drug-likeness (QED) is 0.380. The molecular formula is C14H23ClN2O2. The number of rotatable bonds is 10. The lowest BCUT2D eigenvalue weighted by atomic mass is 10.1. The molecule has 2 amide bonds. The van der Waals surface area contributed by atoms with Gasteiger partial charge in [0.05, 0.1) is 0 Å². The number of nitrogens with zero attached hydrogens (tertiary/aromatic N) is 1. The Labute approximate surface area is 120 Å². The van der Waals surface area contributed by atoms with Crippen LogP contribution in [0.5, 0.6) is 0 Å². The number of carbonyl (C=O) groups excluding carboxylic acids is 2. The minimum absolute atomic E-state index is 0.181. The molecule has 0 radical (unpaired) electrons. The Kier molecular flexibility index (Phi) is 7.75. The van der Waals surface area contributed by atoms with Crippen molar-refractivity contribution in [2.45, 2.75) is 44.6 Å². The molecule has 0 aromatic rings. The van der Waals surface area contributed by atoms with Crippen LogP contribution in [-0.4, -0.2) is 42.2 Å². The number of hydrogen-bond acceptors (Lipinski definition) is 3. The lowest BCUT2D eigenvalue weighted by Crippen LogP contribution is -2.42. The highest BCUT2D eigenvalue weighted by Crippen LogP contribution is 2.11. The molecule has 1 aliphatic rings. The summed E-state index contributed by atoms with van der Waals surface area (Å²) in [6.45, 7) is 0.461. The molecule has 1 rings (SSSR count). The van der Waals surface area contributed by atoms with E-state index >= 15 is 0 Å². The minimum atomic E-state index is -0.202. The summed E-state index contributed by atoms with van der Waals surface area (Å²) in [5, 5.41) is 3.18. The first kappa shape index (κ1) is 16.2. The Morgan fingerprint density at radius 1 is 1.11 bits per heavy atom. The second-order valence-corrected chi connectivity index (χ2v) is 5.23. The number of hydrogen-bond donors (Lipinski definition) is 1. The van der Waals surface area contributed by atoms with Gasteiger partial charge in [-0.25, -0.2) is 0 Å². The molecule has 5 heteroatoms. The number of amides is 2. The van der Waals surface area contributed by atoms with Gasteiger partial charge in [-0.1, -0.05) is 25.7 Å². The van der Waals surface area contributed by atoms with Crippen LogP contribution >= 0.6 is 11.6 Å². The molecular weight excluding hydrogens is 264 g/mol. The number of unbranched alkanes of at least 4 members (excludes halogenated alkanes) is 4. The van der Waals surface area contributed by atoms with E-state index in [1.54, 1.807) is 0 Å². The van der Waals surface area contributed by atoms with Gasteiger partial charge in [0.25, 0.3) is 11.8 Å². The van der Waals surface area contributed by atoms with E-state index in [4.69, 9.17) is 11.6 Å². The van der Waals surface area contributed by atoms with Crippen LogP contribution in [0.3, 0.4) is 0 Å². The third-order valence-electron chi connectivity index (χ3n) is 3.40. The van der Waals surface area contributed by atoms with Crippen molar-refractivity contribution in [1.29, 1.82) is 0 Å². The van der Waals surface area contributed by atoms with Gasteiger partial charge in [-0.3, -0.25) is 14.5 Å². The van der Waals surface area contributed by atoms with Gasteiger partial charge in [-0.2, -0.15) is 0 Å². The van der Waals surface area contributed by atoms with Crippen molar-refractivity contribution in [2.75, 3.05) is 19.5 Å². The average Bonchev–Trinajstić information content (AvgIpc) is 2.72. The van der Waals surface area contributed by atoms with Crippen LogP contribution in [0.25, 0.3) is 0 Å². The predicted octanol–water partition coefficient (Wildman–Crippen LogP) is 2.08. The molecule has 108 valence electrons. The molecule has 19 heavy (non-hydrogen) atoms. The second kappa shape index (κ2) is 9.10. The molecule has 0 bridgehead atoms. The molecule has 0 fully saturated rings. The number of carbonyl (C=O) groups is 2. The van der Waals surface area contributed by atoms with E-state index in [1.807, 2.05) is 7.05 Å². The van der Waals surface area contributed by atoms with Crippen molar-refractivity contribution in [3.8, 4) is 0 Å². The fourth-order valence-corrected chi connectivity index (χ4v) is 2.36. The lowest BCUT2D eigenvalue weighted by molar-refractivity contribution is -0.137. The third-order valence-corrected chi connectivity index (χ3v) is 3.67. The summed E-state index contributed by atoms with van der Waals surface area (Å²) in [4.78, 5) is 24.2. The van der Waals surface area contributed by atoms with E-state index in [2.05, 4.69) is 5.32 Å². The number of likely N-dealkylation sites (N-methyl/N-ethyl adjacent to an activating group) is 1. The van der Waals surface area contributed by atoms with Crippen molar-refractivity contribution in [3.05, 3.63) is 12.2 Å². The summed E-state index contributed by atoms with van der Waals surface area (Å²) in [6.07, 6.45) is 9.40. The summed E-state index contributed by atoms with van der Waals surface area (Å²) < 4.78 is 0. The maximum atomic E-state index is 11.5. The molecule has 1 aliphatic heterocycles. The molecule has 1 atom stereocenters. The summed E-state index contributed by atoms with van der Waals surface area (Å²) in [5.41, 5.74) is 0. The second-order valence-electron chi connectivity index (χ2n) is 4.85. The van der Waals surface area contributed by atoms with Crippen molar-refractivity contribution in [1.82, 2.24) is 10.2 Å². The van der Waals surface area contributed by atoms with Gasteiger partial charge < -0.3 is 5.32 Å². The molecule has 0 aliphatic carbocycles. The fraction of sp³-hybridized carbons (Fsp3) is 0.714. The monoisotopic (exact) mass is 286 g/mol. The summed E-state index contributed by atoms with van der Waals surface area (Å²) in [5.74, 6) is 0.338. The highest BCUT2D eigenvalue weighted by atomic mass is 35.5. The Morgan fingerprint density at radius 2 is 1.68 bits per heavy atom. The summed E-state index contributed by atoms with van der Waals surface area (Å²) in [6, 6.07) is 0.181. The maximum Gasteiger partial charge on any atom is 0.253 e. The third kappa shape index (κ3) is 5.74. The van der Waals surface area contributed by atoms with Gasteiger partial charge in [0.15, 0.2) is 0 Å². The number of imide groups is 1. The first-order valence-electron chi connectivity index (χ1n) is 6.95. The molecule has 1 N–H and O–H groups in total. The molecule has 0 spiro atoms. The van der Waals surface area contributed by atoms with Crippen LogP contribution in [0.15, 0.2) is 12.2 Å². The van der Waals surface area contributed by atoms with Crippen molar-refractivity contribution < 1.29 is 9.59 Å². The van der Waals surface area contributed by atoms with E-state index in [0.717, 1.165) is 25.1 Å². The zero-order chi connectivity index (χ0) is 14.1. The summed E-state index contributed by atoms with van der Waals surface area (Å²) >= 11 is 5.62. The molecule has 0 aromatic heterocycles. The van der Waals surface area contributed by atoms with Gasteiger partial charge in [-0.05, 0) is 19.9 Å². The molecule has 0 saturated carbocycles. The van der Waals surface area contributed by atoms with Crippen LogP contribution < -0.4 is 5.32 Å². The highest BCUT2D eigenvalue weighted by Gasteiger charge is 2.25. The number of halogens is 1. The molecule has 1 heterocycles. The van der Waals surface area contributed by atoms with E-state index in [0.29, 0.717) is 6.54 Å². The topological polar surface area (TPSA) is 49.4 Å². The SMILES string of the molecule is CNC(CCCCCCCCl)CN1C(=O)C=CC1=O. The Morgan fingerprint density at radius 3 is 2.26 bits per heavy atom. The zero-order valence-corrected chi connectivity index (χ0v) is 12.3. The van der Waals surface area contributed by atoms with Crippen molar-refractivity contribution in [3.63, 3.8) is 0 Å². The van der Waals surface area contributed by atoms with Crippen LogP contribution in [0.2, 0.25) is 0 Å². The zero-order valence-electron chi connectivity index (χ0n) is 11.5. The van der Waals surface area contributed by atoms with Gasteiger partial charge in [0, 0.05) is 30.6 Å². The normalized spacial score (nSPS) is 16.4. The van der Waals surface area contributed by atoms with E-state index < -0.39 is 0 Å². The highest BCUT2D eigenvalue weighted by molar-refractivity contribution is 6.17.